The SMILES string of the molecule is COc1nc(-c2cccc(Br)c2Cl)c(N2CCCC2=O)c(N2CCCC2=O)c1C=O. The Labute approximate surface area is 187 Å². The second-order valence-corrected chi connectivity index (χ2v) is 8.33. The fourth-order valence-corrected chi connectivity index (χ4v) is 4.57. The molecule has 0 bridgehead atoms. The van der Waals surface area contributed by atoms with Crippen molar-refractivity contribution in [2.75, 3.05) is 30.0 Å². The van der Waals surface area contributed by atoms with Gasteiger partial charge in [-0.05, 0) is 34.8 Å². The van der Waals surface area contributed by atoms with Crippen molar-refractivity contribution in [3.8, 4) is 17.1 Å². The van der Waals surface area contributed by atoms with Gasteiger partial charge < -0.3 is 14.5 Å². The number of carbonyl (C=O) groups is 3. The predicted octanol–water partition coefficient (Wildman–Crippen LogP) is 4.24. The summed E-state index contributed by atoms with van der Waals surface area (Å²) < 4.78 is 6.08. The van der Waals surface area contributed by atoms with Gasteiger partial charge in [0, 0.05) is 36.0 Å². The van der Waals surface area contributed by atoms with Gasteiger partial charge in [0.25, 0.3) is 0 Å². The fraction of sp³-hybridized carbons (Fsp3) is 0.333. The number of ether oxygens (including phenoxy) is 1. The number of aromatic nitrogens is 1. The molecule has 0 saturated carbocycles. The molecule has 2 aromatic rings. The van der Waals surface area contributed by atoms with Crippen LogP contribution in [0.2, 0.25) is 5.02 Å². The maximum Gasteiger partial charge on any atom is 0.227 e. The summed E-state index contributed by atoms with van der Waals surface area (Å²) in [5.41, 5.74) is 1.91. The summed E-state index contributed by atoms with van der Waals surface area (Å²) in [6, 6.07) is 5.40. The van der Waals surface area contributed by atoms with Crippen LogP contribution in [0.3, 0.4) is 0 Å². The van der Waals surface area contributed by atoms with Gasteiger partial charge in [0.2, 0.25) is 17.7 Å². The summed E-state index contributed by atoms with van der Waals surface area (Å²) in [5.74, 6) is -0.106. The molecule has 0 spiro atoms. The Morgan fingerprint density at radius 2 is 1.73 bits per heavy atom. The molecule has 0 radical (unpaired) electrons. The van der Waals surface area contributed by atoms with E-state index in [-0.39, 0.29) is 23.3 Å². The average molecular weight is 493 g/mol. The minimum absolute atomic E-state index is 0.0842. The van der Waals surface area contributed by atoms with Crippen LogP contribution in [0.4, 0.5) is 11.4 Å². The van der Waals surface area contributed by atoms with Gasteiger partial charge in [-0.1, -0.05) is 23.7 Å². The number of amides is 2. The van der Waals surface area contributed by atoms with E-state index < -0.39 is 0 Å². The number of hydrogen-bond donors (Lipinski definition) is 0. The first-order chi connectivity index (χ1) is 14.5. The zero-order valence-corrected chi connectivity index (χ0v) is 18.6. The van der Waals surface area contributed by atoms with Crippen molar-refractivity contribution >= 4 is 57.0 Å². The summed E-state index contributed by atoms with van der Waals surface area (Å²) in [6.45, 7) is 0.923. The number of aldehydes is 1. The predicted molar refractivity (Wildman–Crippen MR) is 117 cm³/mol. The van der Waals surface area contributed by atoms with Gasteiger partial charge in [0.1, 0.15) is 11.3 Å². The second kappa shape index (κ2) is 8.35. The Morgan fingerprint density at radius 3 is 2.27 bits per heavy atom. The number of hydrogen-bond acceptors (Lipinski definition) is 5. The van der Waals surface area contributed by atoms with E-state index in [1.54, 1.807) is 21.9 Å². The van der Waals surface area contributed by atoms with E-state index in [1.165, 1.54) is 7.11 Å². The van der Waals surface area contributed by atoms with Crippen LogP contribution in [0.1, 0.15) is 36.0 Å². The van der Waals surface area contributed by atoms with E-state index in [2.05, 4.69) is 20.9 Å². The summed E-state index contributed by atoms with van der Waals surface area (Å²) in [6.07, 6.45) is 2.75. The zero-order chi connectivity index (χ0) is 21.4. The molecule has 2 amide bonds. The van der Waals surface area contributed by atoms with Crippen LogP contribution >= 0.6 is 27.5 Å². The molecule has 2 saturated heterocycles. The van der Waals surface area contributed by atoms with Crippen LogP contribution in [0.25, 0.3) is 11.3 Å². The van der Waals surface area contributed by atoms with Gasteiger partial charge in [-0.3, -0.25) is 14.4 Å². The Morgan fingerprint density at radius 1 is 1.10 bits per heavy atom. The molecule has 3 heterocycles. The molecule has 156 valence electrons. The molecule has 0 unspecified atom stereocenters. The van der Waals surface area contributed by atoms with Crippen LogP contribution in [0.15, 0.2) is 22.7 Å². The lowest BCUT2D eigenvalue weighted by Crippen LogP contribution is -2.32. The highest BCUT2D eigenvalue weighted by Crippen LogP contribution is 2.47. The van der Waals surface area contributed by atoms with Gasteiger partial charge in [0.15, 0.2) is 6.29 Å². The first-order valence-electron chi connectivity index (χ1n) is 9.60. The fourth-order valence-electron chi connectivity index (χ4n) is 3.99. The Bertz CT molecular complexity index is 1060. The highest BCUT2D eigenvalue weighted by Gasteiger charge is 2.36. The van der Waals surface area contributed by atoms with E-state index in [9.17, 15) is 14.4 Å². The van der Waals surface area contributed by atoms with Gasteiger partial charge >= 0.3 is 0 Å². The van der Waals surface area contributed by atoms with Crippen LogP contribution in [0.5, 0.6) is 5.88 Å². The van der Waals surface area contributed by atoms with Gasteiger partial charge in [-0.15, -0.1) is 0 Å². The summed E-state index contributed by atoms with van der Waals surface area (Å²) in [4.78, 5) is 45.3. The van der Waals surface area contributed by atoms with Crippen molar-refractivity contribution in [1.82, 2.24) is 4.98 Å². The lowest BCUT2D eigenvalue weighted by atomic mass is 10.0. The number of carbonyl (C=O) groups excluding carboxylic acids is 3. The maximum absolute atomic E-state index is 12.7. The van der Waals surface area contributed by atoms with Crippen molar-refractivity contribution in [3.63, 3.8) is 0 Å². The molecule has 2 aliphatic heterocycles. The lowest BCUT2D eigenvalue weighted by Gasteiger charge is -2.29. The monoisotopic (exact) mass is 491 g/mol. The normalized spacial score (nSPS) is 16.5. The second-order valence-electron chi connectivity index (χ2n) is 7.10. The van der Waals surface area contributed by atoms with Crippen LogP contribution in [0, 0.1) is 0 Å². The molecule has 9 heteroatoms. The first kappa shape index (κ1) is 20.8. The van der Waals surface area contributed by atoms with E-state index >= 15 is 0 Å². The Kier molecular flexibility index (Phi) is 5.79. The lowest BCUT2D eigenvalue weighted by molar-refractivity contribution is -0.118. The third kappa shape index (κ3) is 3.37. The minimum Gasteiger partial charge on any atom is -0.480 e. The molecule has 7 nitrogen and oxygen atoms in total. The Hall–Kier alpha value is -2.45. The molecule has 0 aliphatic carbocycles. The van der Waals surface area contributed by atoms with Crippen LogP contribution in [-0.4, -0.2) is 43.3 Å². The molecule has 2 fully saturated rings. The minimum atomic E-state index is -0.106. The summed E-state index contributed by atoms with van der Waals surface area (Å²) in [5, 5.41) is 0.414. The van der Waals surface area contributed by atoms with Crippen molar-refractivity contribution < 1.29 is 19.1 Å². The van der Waals surface area contributed by atoms with Crippen molar-refractivity contribution in [2.24, 2.45) is 0 Å². The smallest absolute Gasteiger partial charge is 0.227 e. The largest absolute Gasteiger partial charge is 0.480 e. The summed E-state index contributed by atoms with van der Waals surface area (Å²) in [7, 11) is 1.41. The molecule has 1 aromatic carbocycles. The molecule has 0 N–H and O–H groups in total. The first-order valence-corrected chi connectivity index (χ1v) is 10.8. The third-order valence-corrected chi connectivity index (χ3v) is 6.65. The molecular formula is C21H19BrClN3O4. The van der Waals surface area contributed by atoms with Crippen molar-refractivity contribution in [1.29, 1.82) is 0 Å². The topological polar surface area (TPSA) is 79.8 Å². The number of halogens is 2. The third-order valence-electron chi connectivity index (χ3n) is 5.35. The highest BCUT2D eigenvalue weighted by atomic mass is 79.9. The standard InChI is InChI=1S/C21H19BrClN3O4/c1-30-21-13(11-27)19(25-9-3-7-15(25)28)20(26-10-4-8-16(26)29)18(24-21)12-5-2-6-14(22)17(12)23/h2,5-6,11H,3-4,7-10H2,1H3. The number of benzene rings is 1. The van der Waals surface area contributed by atoms with Crippen molar-refractivity contribution in [3.05, 3.63) is 33.3 Å². The van der Waals surface area contributed by atoms with Gasteiger partial charge in [-0.2, -0.15) is 0 Å². The van der Waals surface area contributed by atoms with Gasteiger partial charge in [0.05, 0.1) is 23.5 Å². The highest BCUT2D eigenvalue weighted by molar-refractivity contribution is 9.10. The zero-order valence-electron chi connectivity index (χ0n) is 16.3. The molecule has 1 aromatic heterocycles. The number of anilines is 2. The number of nitrogens with zero attached hydrogens (tertiary/aromatic N) is 3. The van der Waals surface area contributed by atoms with Crippen molar-refractivity contribution in [2.45, 2.75) is 25.7 Å². The van der Waals surface area contributed by atoms with E-state index in [0.717, 1.165) is 0 Å². The molecule has 0 atom stereocenters. The van der Waals surface area contributed by atoms with Crippen LogP contribution < -0.4 is 14.5 Å². The van der Waals surface area contributed by atoms with Gasteiger partial charge in [-0.25, -0.2) is 4.98 Å². The number of rotatable bonds is 5. The quantitative estimate of drug-likeness (QED) is 0.583. The number of pyridine rings is 1. The molecular weight excluding hydrogens is 474 g/mol. The van der Waals surface area contributed by atoms with E-state index in [4.69, 9.17) is 16.3 Å². The molecule has 30 heavy (non-hydrogen) atoms. The maximum atomic E-state index is 12.7. The van der Waals surface area contributed by atoms with Crippen LogP contribution in [-0.2, 0) is 9.59 Å². The number of methoxy groups -OCH3 is 1. The average Bonchev–Trinajstić information content (AvgIpc) is 3.36. The summed E-state index contributed by atoms with van der Waals surface area (Å²) >= 11 is 10.0. The molecule has 4 rings (SSSR count). The van der Waals surface area contributed by atoms with E-state index in [0.29, 0.717) is 77.2 Å². The Balaban J connectivity index is 2.11. The van der Waals surface area contributed by atoms with E-state index in [1.807, 2.05) is 6.07 Å². The molecule has 2 aliphatic rings.